The number of carboxylic acids is 1. The molecule has 0 saturated carbocycles. The van der Waals surface area contributed by atoms with Crippen molar-refractivity contribution >= 4 is 21.8 Å². The Morgan fingerprint density at radius 2 is 1.76 bits per heavy atom. The van der Waals surface area contributed by atoms with E-state index in [-0.39, 0.29) is 23.5 Å². The minimum Gasteiger partial charge on any atom is -0.480 e. The first-order valence-corrected chi connectivity index (χ1v) is 8.14. The zero-order valence-corrected chi connectivity index (χ0v) is 12.8. The van der Waals surface area contributed by atoms with Crippen LogP contribution in [0.2, 0.25) is 0 Å². The molecule has 21 heavy (non-hydrogen) atoms. The lowest BCUT2D eigenvalue weighted by Gasteiger charge is -2.14. The van der Waals surface area contributed by atoms with E-state index in [1.807, 2.05) is 6.92 Å². The summed E-state index contributed by atoms with van der Waals surface area (Å²) >= 11 is 0. The zero-order valence-electron chi connectivity index (χ0n) is 12.0. The fraction of sp³-hybridized carbons (Fsp3) is 0.429. The van der Waals surface area contributed by atoms with Crippen molar-refractivity contribution in [2.45, 2.75) is 44.0 Å². The molecule has 0 spiro atoms. The predicted octanol–water partition coefficient (Wildman–Crippen LogP) is 1.35. The van der Waals surface area contributed by atoms with Crippen molar-refractivity contribution < 1.29 is 23.1 Å². The summed E-state index contributed by atoms with van der Waals surface area (Å²) in [6, 6.07) is 4.72. The molecule has 0 aromatic heterocycles. The van der Waals surface area contributed by atoms with Crippen LogP contribution in [0, 0.1) is 0 Å². The van der Waals surface area contributed by atoms with E-state index < -0.39 is 22.0 Å². The Bertz CT molecular complexity index is 607. The zero-order chi connectivity index (χ0) is 16.0. The van der Waals surface area contributed by atoms with Gasteiger partial charge in [-0.25, -0.2) is 8.42 Å². The fourth-order valence-corrected chi connectivity index (χ4v) is 2.90. The highest BCUT2D eigenvalue weighted by Crippen LogP contribution is 2.12. The third-order valence-corrected chi connectivity index (χ3v) is 4.55. The summed E-state index contributed by atoms with van der Waals surface area (Å²) in [4.78, 5) is 22.4. The molecule has 0 aliphatic heterocycles. The smallest absolute Gasteiger partial charge is 0.322 e. The summed E-state index contributed by atoms with van der Waals surface area (Å²) in [6.45, 7) is 3.54. The molecule has 0 saturated heterocycles. The number of hydrogen-bond donors (Lipinski definition) is 2. The van der Waals surface area contributed by atoms with Gasteiger partial charge in [0.1, 0.15) is 11.8 Å². The Balaban J connectivity index is 2.94. The molecular formula is C14H19NO5S. The number of hydrogen-bond acceptors (Lipinski definition) is 4. The van der Waals surface area contributed by atoms with Gasteiger partial charge >= 0.3 is 5.97 Å². The summed E-state index contributed by atoms with van der Waals surface area (Å²) < 4.78 is 26.3. The molecule has 0 fully saturated rings. The van der Waals surface area contributed by atoms with Gasteiger partial charge in [0.05, 0.1) is 4.90 Å². The Morgan fingerprint density at radius 1 is 1.19 bits per heavy atom. The maximum atomic E-state index is 12.1. The minimum atomic E-state index is -3.97. The number of ketones is 1. The van der Waals surface area contributed by atoms with Crippen molar-refractivity contribution in [2.24, 2.45) is 0 Å². The highest BCUT2D eigenvalue weighted by molar-refractivity contribution is 7.89. The molecular weight excluding hydrogens is 294 g/mol. The Hall–Kier alpha value is -1.73. The van der Waals surface area contributed by atoms with Crippen LogP contribution in [-0.2, 0) is 26.0 Å². The van der Waals surface area contributed by atoms with Gasteiger partial charge in [-0.3, -0.25) is 9.59 Å². The van der Waals surface area contributed by atoms with Crippen LogP contribution in [-0.4, -0.2) is 31.3 Å². The van der Waals surface area contributed by atoms with Crippen molar-refractivity contribution in [1.82, 2.24) is 4.72 Å². The van der Waals surface area contributed by atoms with E-state index in [2.05, 4.69) is 4.72 Å². The lowest BCUT2D eigenvalue weighted by atomic mass is 10.1. The molecule has 1 aromatic rings. The summed E-state index contributed by atoms with van der Waals surface area (Å²) in [5.74, 6) is -1.68. The topological polar surface area (TPSA) is 101 Å². The van der Waals surface area contributed by atoms with E-state index in [9.17, 15) is 18.0 Å². The van der Waals surface area contributed by atoms with Crippen molar-refractivity contribution in [3.8, 4) is 0 Å². The van der Waals surface area contributed by atoms with Gasteiger partial charge in [0.25, 0.3) is 0 Å². The average Bonchev–Trinajstić information content (AvgIpc) is 2.46. The third-order valence-electron chi connectivity index (χ3n) is 3.06. The van der Waals surface area contributed by atoms with Gasteiger partial charge in [0.15, 0.2) is 0 Å². The number of sulfonamides is 1. The van der Waals surface area contributed by atoms with Crippen LogP contribution in [0.3, 0.4) is 0 Å². The molecule has 0 radical (unpaired) electrons. The molecule has 116 valence electrons. The molecule has 0 amide bonds. The second-order valence-corrected chi connectivity index (χ2v) is 6.32. The average molecular weight is 313 g/mol. The number of rotatable bonds is 8. The molecule has 0 bridgehead atoms. The summed E-state index contributed by atoms with van der Waals surface area (Å²) in [5.41, 5.74) is 0.977. The fourth-order valence-electron chi connectivity index (χ4n) is 1.71. The molecule has 0 aliphatic carbocycles. The third kappa shape index (κ3) is 4.95. The van der Waals surface area contributed by atoms with Crippen molar-refractivity contribution in [1.29, 1.82) is 0 Å². The molecule has 1 atom stereocenters. The molecule has 1 unspecified atom stereocenters. The molecule has 0 aliphatic rings. The molecule has 0 heterocycles. The molecule has 7 heteroatoms. The lowest BCUT2D eigenvalue weighted by molar-refractivity contribution is -0.140. The highest BCUT2D eigenvalue weighted by atomic mass is 32.2. The first kappa shape index (κ1) is 17.3. The van der Waals surface area contributed by atoms with Gasteiger partial charge in [0.2, 0.25) is 10.0 Å². The van der Waals surface area contributed by atoms with Gasteiger partial charge < -0.3 is 5.11 Å². The van der Waals surface area contributed by atoms with Gasteiger partial charge in [-0.2, -0.15) is 4.72 Å². The number of aliphatic carboxylic acids is 1. The Labute approximate surface area is 124 Å². The maximum absolute atomic E-state index is 12.1. The van der Waals surface area contributed by atoms with Crippen LogP contribution in [0.15, 0.2) is 29.2 Å². The molecule has 1 rings (SSSR count). The Kier molecular flexibility index (Phi) is 6.04. The number of nitrogens with one attached hydrogen (secondary N) is 1. The highest BCUT2D eigenvalue weighted by Gasteiger charge is 2.27. The molecule has 6 nitrogen and oxygen atoms in total. The number of aryl methyl sites for hydroxylation is 1. The van der Waals surface area contributed by atoms with Gasteiger partial charge in [0, 0.05) is 12.8 Å². The van der Waals surface area contributed by atoms with Gasteiger partial charge in [-0.1, -0.05) is 26.0 Å². The number of Topliss-reactive ketones (excluding diaryl/α,β-unsaturated/α-hetero) is 1. The van der Waals surface area contributed by atoms with Crippen LogP contribution in [0.4, 0.5) is 0 Å². The van der Waals surface area contributed by atoms with Crippen LogP contribution in [0.25, 0.3) is 0 Å². The standard InChI is InChI=1S/C14H19NO5S/c1-3-10-5-7-12(8-6-10)21(19,20)15-13(14(17)18)9-11(16)4-2/h5-8,13,15H,3-4,9H2,1-2H3,(H,17,18). The summed E-state index contributed by atoms with van der Waals surface area (Å²) in [7, 11) is -3.97. The molecule has 2 N–H and O–H groups in total. The van der Waals surface area contributed by atoms with E-state index >= 15 is 0 Å². The second kappa shape index (κ2) is 7.33. The van der Waals surface area contributed by atoms with Gasteiger partial charge in [-0.15, -0.1) is 0 Å². The van der Waals surface area contributed by atoms with E-state index in [4.69, 9.17) is 5.11 Å². The van der Waals surface area contributed by atoms with Crippen LogP contribution in [0.1, 0.15) is 32.3 Å². The molecule has 1 aromatic carbocycles. The van der Waals surface area contributed by atoms with Crippen molar-refractivity contribution in [3.63, 3.8) is 0 Å². The predicted molar refractivity (Wildman–Crippen MR) is 77.5 cm³/mol. The Morgan fingerprint density at radius 3 is 2.19 bits per heavy atom. The van der Waals surface area contributed by atoms with E-state index in [1.54, 1.807) is 19.1 Å². The van der Waals surface area contributed by atoms with Crippen LogP contribution < -0.4 is 4.72 Å². The first-order chi connectivity index (χ1) is 9.80. The maximum Gasteiger partial charge on any atom is 0.322 e. The lowest BCUT2D eigenvalue weighted by Crippen LogP contribution is -2.42. The number of carbonyl (C=O) groups excluding carboxylic acids is 1. The minimum absolute atomic E-state index is 0.0186. The van der Waals surface area contributed by atoms with E-state index in [0.29, 0.717) is 0 Å². The number of carboxylic acid groups (broad SMARTS) is 1. The SMILES string of the molecule is CCC(=O)CC(NS(=O)(=O)c1ccc(CC)cc1)C(=O)O. The van der Waals surface area contributed by atoms with Gasteiger partial charge in [-0.05, 0) is 24.1 Å². The normalized spacial score (nSPS) is 12.9. The quantitative estimate of drug-likeness (QED) is 0.754. The first-order valence-electron chi connectivity index (χ1n) is 6.66. The number of carbonyl (C=O) groups is 2. The van der Waals surface area contributed by atoms with Crippen molar-refractivity contribution in [2.75, 3.05) is 0 Å². The van der Waals surface area contributed by atoms with Crippen molar-refractivity contribution in [3.05, 3.63) is 29.8 Å². The summed E-state index contributed by atoms with van der Waals surface area (Å²) in [6.07, 6.45) is 0.575. The van der Waals surface area contributed by atoms with Crippen LogP contribution >= 0.6 is 0 Å². The van der Waals surface area contributed by atoms with E-state index in [1.165, 1.54) is 12.1 Å². The largest absolute Gasteiger partial charge is 0.480 e. The van der Waals surface area contributed by atoms with Crippen LogP contribution in [0.5, 0.6) is 0 Å². The number of benzene rings is 1. The summed E-state index contributed by atoms with van der Waals surface area (Å²) in [5, 5.41) is 9.03. The monoisotopic (exact) mass is 313 g/mol. The van der Waals surface area contributed by atoms with E-state index in [0.717, 1.165) is 12.0 Å². The second-order valence-electron chi connectivity index (χ2n) is 4.61.